The van der Waals surface area contributed by atoms with Gasteiger partial charge in [-0.1, -0.05) is 6.07 Å². The van der Waals surface area contributed by atoms with Crippen molar-refractivity contribution in [3.8, 4) is 0 Å². The van der Waals surface area contributed by atoms with E-state index in [0.717, 1.165) is 30.9 Å². The molecule has 2 atom stereocenters. The van der Waals surface area contributed by atoms with E-state index < -0.39 is 11.6 Å². The van der Waals surface area contributed by atoms with Crippen LogP contribution in [0.4, 0.5) is 20.3 Å². The quantitative estimate of drug-likeness (QED) is 0.326. The van der Waals surface area contributed by atoms with Gasteiger partial charge >= 0.3 is 0 Å². The average molecular weight is 572 g/mol. The van der Waals surface area contributed by atoms with Crippen LogP contribution in [0.25, 0.3) is 0 Å². The fourth-order valence-electron chi connectivity index (χ4n) is 4.22. The normalized spacial score (nSPS) is 21.0. The molecule has 180 valence electrons. The van der Waals surface area contributed by atoms with Gasteiger partial charge < -0.3 is 25.2 Å². The minimum absolute atomic E-state index is 0. The highest BCUT2D eigenvalue weighted by Gasteiger charge is 2.27. The number of nitrogens with one attached hydrogen (secondary N) is 2. The average Bonchev–Trinajstić information content (AvgIpc) is 3.24. The third-order valence-corrected chi connectivity index (χ3v) is 5.84. The molecule has 2 N–H and O–H groups in total. The predicted molar refractivity (Wildman–Crippen MR) is 138 cm³/mol. The van der Waals surface area contributed by atoms with Crippen molar-refractivity contribution in [3.05, 3.63) is 53.7 Å². The van der Waals surface area contributed by atoms with Crippen LogP contribution in [0, 0.1) is 11.6 Å². The molecule has 2 aliphatic heterocycles. The minimum Gasteiger partial charge on any atom is -0.375 e. The van der Waals surface area contributed by atoms with Crippen LogP contribution in [0.5, 0.6) is 0 Å². The molecule has 0 saturated carbocycles. The van der Waals surface area contributed by atoms with E-state index in [0.29, 0.717) is 32.2 Å². The van der Waals surface area contributed by atoms with Crippen LogP contribution in [0.2, 0.25) is 0 Å². The first-order chi connectivity index (χ1) is 15.5. The molecular formula is C23H31F2IN6O. The van der Waals surface area contributed by atoms with Crippen LogP contribution in [0.3, 0.4) is 0 Å². The summed E-state index contributed by atoms with van der Waals surface area (Å²) in [6.45, 7) is 6.11. The largest absolute Gasteiger partial charge is 0.375 e. The van der Waals surface area contributed by atoms with E-state index in [1.807, 2.05) is 12.3 Å². The first-order valence-corrected chi connectivity index (χ1v) is 11.0. The van der Waals surface area contributed by atoms with Crippen molar-refractivity contribution in [2.24, 2.45) is 4.99 Å². The molecule has 0 radical (unpaired) electrons. The zero-order chi connectivity index (χ0) is 22.5. The lowest BCUT2D eigenvalue weighted by Gasteiger charge is -2.32. The third-order valence-electron chi connectivity index (χ3n) is 5.84. The smallest absolute Gasteiger partial charge is 0.191 e. The molecule has 7 nitrogen and oxygen atoms in total. The molecule has 2 aromatic rings. The first kappa shape index (κ1) is 25.4. The summed E-state index contributed by atoms with van der Waals surface area (Å²) in [5, 5.41) is 6.70. The Balaban J connectivity index is 0.00000306. The molecule has 0 amide bonds. The summed E-state index contributed by atoms with van der Waals surface area (Å²) in [5.41, 5.74) is 1.14. The summed E-state index contributed by atoms with van der Waals surface area (Å²) in [6, 6.07) is 8.07. The van der Waals surface area contributed by atoms with E-state index in [4.69, 9.17) is 4.74 Å². The number of rotatable bonds is 5. The third kappa shape index (κ3) is 6.44. The van der Waals surface area contributed by atoms with Crippen molar-refractivity contribution >= 4 is 41.4 Å². The summed E-state index contributed by atoms with van der Waals surface area (Å²) in [7, 11) is 1.71. The van der Waals surface area contributed by atoms with Crippen LogP contribution in [0.15, 0.2) is 41.5 Å². The van der Waals surface area contributed by atoms with E-state index in [2.05, 4.69) is 38.5 Å². The molecule has 2 unspecified atom stereocenters. The summed E-state index contributed by atoms with van der Waals surface area (Å²) in [5.74, 6) is 0.539. The number of para-hydroxylation sites is 1. The molecule has 2 aliphatic rings. The van der Waals surface area contributed by atoms with Crippen LogP contribution < -0.4 is 20.4 Å². The Morgan fingerprint density at radius 2 is 1.97 bits per heavy atom. The van der Waals surface area contributed by atoms with Gasteiger partial charge in [0.2, 0.25) is 0 Å². The van der Waals surface area contributed by atoms with Crippen molar-refractivity contribution in [1.82, 2.24) is 15.6 Å². The molecule has 0 aliphatic carbocycles. The number of aromatic nitrogens is 1. The Morgan fingerprint density at radius 1 is 1.18 bits per heavy atom. The second-order valence-corrected chi connectivity index (χ2v) is 8.22. The number of hydrogen-bond acceptors (Lipinski definition) is 5. The molecule has 0 spiro atoms. The molecule has 3 heterocycles. The van der Waals surface area contributed by atoms with E-state index in [1.165, 1.54) is 18.2 Å². The maximum absolute atomic E-state index is 14.1. The van der Waals surface area contributed by atoms with Crippen LogP contribution >= 0.6 is 24.0 Å². The minimum atomic E-state index is -0.531. The number of hydrogen-bond donors (Lipinski definition) is 2. The van der Waals surface area contributed by atoms with Crippen LogP contribution in [-0.4, -0.2) is 62.9 Å². The van der Waals surface area contributed by atoms with Crippen molar-refractivity contribution in [2.45, 2.75) is 32.0 Å². The topological polar surface area (TPSA) is 65.0 Å². The highest BCUT2D eigenvalue weighted by atomic mass is 127. The Bertz CT molecular complexity index is 942. The zero-order valence-electron chi connectivity index (χ0n) is 18.9. The Labute approximate surface area is 210 Å². The molecule has 0 bridgehead atoms. The maximum atomic E-state index is 14.1. The van der Waals surface area contributed by atoms with E-state index in [-0.39, 0.29) is 41.8 Å². The molecule has 2 fully saturated rings. The van der Waals surface area contributed by atoms with Crippen LogP contribution in [0.1, 0.15) is 18.9 Å². The standard InChI is InChI=1S/C23H30F2N6O.HI/c1-16-14-30(10-11-32-16)21-12-17(6-8-27-21)13-28-23(26-2)29-18-7-9-31(15-18)22-19(24)4-3-5-20(22)25;/h3-6,8,12,16,18H,7,9-11,13-15H2,1-2H3,(H2,26,28,29);1H. The highest BCUT2D eigenvalue weighted by Crippen LogP contribution is 2.26. The first-order valence-electron chi connectivity index (χ1n) is 11.0. The monoisotopic (exact) mass is 572 g/mol. The number of ether oxygens (including phenoxy) is 1. The SMILES string of the molecule is CN=C(NCc1ccnc(N2CCOC(C)C2)c1)NC1CCN(c2c(F)cccc2F)C1.I. The molecule has 10 heteroatoms. The van der Waals surface area contributed by atoms with Crippen molar-refractivity contribution in [3.63, 3.8) is 0 Å². The van der Waals surface area contributed by atoms with Gasteiger partial charge in [-0.3, -0.25) is 4.99 Å². The second-order valence-electron chi connectivity index (χ2n) is 8.22. The van der Waals surface area contributed by atoms with Gasteiger partial charge in [-0.05, 0) is 43.2 Å². The lowest BCUT2D eigenvalue weighted by molar-refractivity contribution is 0.0529. The number of guanidine groups is 1. The molecular weight excluding hydrogens is 541 g/mol. The number of benzene rings is 1. The Kier molecular flexibility index (Phi) is 9.07. The van der Waals surface area contributed by atoms with Gasteiger partial charge in [-0.25, -0.2) is 13.8 Å². The van der Waals surface area contributed by atoms with Gasteiger partial charge in [0.05, 0.1) is 12.7 Å². The molecule has 2 saturated heterocycles. The van der Waals surface area contributed by atoms with E-state index in [9.17, 15) is 8.78 Å². The molecule has 1 aromatic heterocycles. The highest BCUT2D eigenvalue weighted by molar-refractivity contribution is 14.0. The summed E-state index contributed by atoms with van der Waals surface area (Å²) in [6.07, 6.45) is 2.78. The Morgan fingerprint density at radius 3 is 2.70 bits per heavy atom. The maximum Gasteiger partial charge on any atom is 0.191 e. The predicted octanol–water partition coefficient (Wildman–Crippen LogP) is 3.15. The van der Waals surface area contributed by atoms with Gasteiger partial charge in [-0.2, -0.15) is 0 Å². The molecule has 1 aromatic carbocycles. The molecule has 33 heavy (non-hydrogen) atoms. The van der Waals surface area contributed by atoms with Gasteiger partial charge in [0.15, 0.2) is 5.96 Å². The van der Waals surface area contributed by atoms with Crippen molar-refractivity contribution < 1.29 is 13.5 Å². The Hall–Kier alpha value is -2.21. The zero-order valence-corrected chi connectivity index (χ0v) is 21.3. The van der Waals surface area contributed by atoms with E-state index >= 15 is 0 Å². The lowest BCUT2D eigenvalue weighted by Crippen LogP contribution is -2.44. The number of anilines is 2. The van der Waals surface area contributed by atoms with Crippen molar-refractivity contribution in [1.29, 1.82) is 0 Å². The van der Waals surface area contributed by atoms with E-state index in [1.54, 1.807) is 11.9 Å². The fourth-order valence-corrected chi connectivity index (χ4v) is 4.22. The van der Waals surface area contributed by atoms with Crippen molar-refractivity contribution in [2.75, 3.05) is 49.6 Å². The summed E-state index contributed by atoms with van der Waals surface area (Å²) < 4.78 is 33.8. The number of halogens is 3. The van der Waals surface area contributed by atoms with Gasteiger partial charge in [0, 0.05) is 52.0 Å². The summed E-state index contributed by atoms with van der Waals surface area (Å²) >= 11 is 0. The van der Waals surface area contributed by atoms with Gasteiger partial charge in [0.25, 0.3) is 0 Å². The van der Waals surface area contributed by atoms with Crippen LogP contribution in [-0.2, 0) is 11.3 Å². The summed E-state index contributed by atoms with van der Waals surface area (Å²) in [4.78, 5) is 12.8. The number of aliphatic imine (C=N–C) groups is 1. The number of nitrogens with zero attached hydrogens (tertiary/aromatic N) is 4. The fraction of sp³-hybridized carbons (Fsp3) is 0.478. The lowest BCUT2D eigenvalue weighted by atomic mass is 10.2. The molecule has 4 rings (SSSR count). The number of morpholine rings is 1. The van der Waals surface area contributed by atoms with Gasteiger partial charge in [-0.15, -0.1) is 24.0 Å². The second kappa shape index (κ2) is 11.8. The van der Waals surface area contributed by atoms with Gasteiger partial charge in [0.1, 0.15) is 23.1 Å². The number of pyridine rings is 1.